The van der Waals surface area contributed by atoms with Gasteiger partial charge in [0.1, 0.15) is 11.1 Å². The van der Waals surface area contributed by atoms with E-state index in [9.17, 15) is 4.79 Å². The van der Waals surface area contributed by atoms with E-state index in [-0.39, 0.29) is 0 Å². The standard InChI is InChI=1S/C18H17ClN4O2/c1-4-21-9-5-6-11(2)23-15-13-10-12(19)7-8-14(13)25-16(15)17(20-3)22-18(23)24/h4-10H,1-3H3,(H,20,22,24)/b9-5-,11-6+,21-4?. The molecule has 128 valence electrons. The van der Waals surface area contributed by atoms with Crippen LogP contribution < -0.4 is 11.0 Å². The van der Waals surface area contributed by atoms with Gasteiger partial charge in [0.25, 0.3) is 0 Å². The van der Waals surface area contributed by atoms with Crippen LogP contribution in [0.4, 0.5) is 5.82 Å². The Balaban J connectivity index is 2.38. The van der Waals surface area contributed by atoms with E-state index in [0.717, 1.165) is 5.39 Å². The highest BCUT2D eigenvalue weighted by molar-refractivity contribution is 6.31. The lowest BCUT2D eigenvalue weighted by Crippen LogP contribution is -2.22. The quantitative estimate of drug-likeness (QED) is 0.558. The summed E-state index contributed by atoms with van der Waals surface area (Å²) in [6.07, 6.45) is 6.87. The summed E-state index contributed by atoms with van der Waals surface area (Å²) >= 11 is 6.14. The molecule has 0 saturated heterocycles. The van der Waals surface area contributed by atoms with Crippen LogP contribution in [0.1, 0.15) is 13.8 Å². The van der Waals surface area contributed by atoms with Crippen molar-refractivity contribution in [2.45, 2.75) is 13.8 Å². The molecule has 2 aromatic heterocycles. The predicted octanol–water partition coefficient (Wildman–Crippen LogP) is 4.30. The normalized spacial score (nSPS) is 12.9. The molecule has 25 heavy (non-hydrogen) atoms. The summed E-state index contributed by atoms with van der Waals surface area (Å²) in [6, 6.07) is 5.30. The van der Waals surface area contributed by atoms with E-state index < -0.39 is 5.69 Å². The zero-order valence-corrected chi connectivity index (χ0v) is 14.8. The number of benzene rings is 1. The van der Waals surface area contributed by atoms with Crippen LogP contribution in [0, 0.1) is 0 Å². The minimum atomic E-state index is -0.402. The zero-order chi connectivity index (χ0) is 18.0. The summed E-state index contributed by atoms with van der Waals surface area (Å²) in [4.78, 5) is 20.7. The van der Waals surface area contributed by atoms with Crippen molar-refractivity contribution in [3.63, 3.8) is 0 Å². The van der Waals surface area contributed by atoms with Gasteiger partial charge in [0, 0.05) is 35.6 Å². The molecular formula is C18H17ClN4O2. The SMILES string of the molecule is CC=N/C=C\C=C(/C)n1c(=O)nc(NC)c2oc3ccc(Cl)cc3c21. The van der Waals surface area contributed by atoms with Crippen LogP contribution >= 0.6 is 11.6 Å². The van der Waals surface area contributed by atoms with Gasteiger partial charge in [0.2, 0.25) is 0 Å². The van der Waals surface area contributed by atoms with E-state index in [4.69, 9.17) is 16.0 Å². The average Bonchev–Trinajstić information content (AvgIpc) is 2.96. The van der Waals surface area contributed by atoms with Gasteiger partial charge in [-0.2, -0.15) is 4.98 Å². The smallest absolute Gasteiger partial charge is 0.354 e. The Labute approximate surface area is 149 Å². The first kappa shape index (κ1) is 17.0. The first-order valence-corrected chi connectivity index (χ1v) is 8.08. The zero-order valence-electron chi connectivity index (χ0n) is 14.1. The van der Waals surface area contributed by atoms with Crippen molar-refractivity contribution < 1.29 is 4.42 Å². The topological polar surface area (TPSA) is 72.4 Å². The molecular weight excluding hydrogens is 340 g/mol. The molecule has 0 atom stereocenters. The number of nitrogens with one attached hydrogen (secondary N) is 1. The number of fused-ring (bicyclic) bond motifs is 3. The lowest BCUT2D eigenvalue weighted by Gasteiger charge is -2.08. The highest BCUT2D eigenvalue weighted by atomic mass is 35.5. The van der Waals surface area contributed by atoms with E-state index in [1.165, 1.54) is 4.57 Å². The van der Waals surface area contributed by atoms with Gasteiger partial charge < -0.3 is 9.73 Å². The number of halogens is 1. The van der Waals surface area contributed by atoms with E-state index in [1.807, 2.05) is 13.8 Å². The molecule has 3 aromatic rings. The molecule has 0 spiro atoms. The van der Waals surface area contributed by atoms with Crippen LogP contribution in [0.3, 0.4) is 0 Å². The molecule has 0 amide bonds. The van der Waals surface area contributed by atoms with Crippen LogP contribution in [0.15, 0.2) is 50.8 Å². The summed E-state index contributed by atoms with van der Waals surface area (Å²) in [5.74, 6) is 0.391. The fourth-order valence-electron chi connectivity index (χ4n) is 2.62. The third-order valence-corrected chi connectivity index (χ3v) is 3.94. The molecule has 0 aliphatic rings. The highest BCUT2D eigenvalue weighted by Gasteiger charge is 2.18. The van der Waals surface area contributed by atoms with Gasteiger partial charge >= 0.3 is 5.69 Å². The lowest BCUT2D eigenvalue weighted by atomic mass is 10.2. The number of rotatable bonds is 4. The third-order valence-electron chi connectivity index (χ3n) is 3.71. The second-order valence-corrected chi connectivity index (χ2v) is 5.74. The van der Waals surface area contributed by atoms with Gasteiger partial charge in [-0.3, -0.25) is 9.56 Å². The fraction of sp³-hybridized carbons (Fsp3) is 0.167. The summed E-state index contributed by atoms with van der Waals surface area (Å²) in [5.41, 5.74) is 2.05. The van der Waals surface area contributed by atoms with Crippen LogP contribution in [-0.2, 0) is 0 Å². The van der Waals surface area contributed by atoms with Crippen molar-refractivity contribution in [3.8, 4) is 0 Å². The number of hydrogen-bond acceptors (Lipinski definition) is 5. The Bertz CT molecular complexity index is 1090. The molecule has 7 heteroatoms. The molecule has 0 unspecified atom stereocenters. The molecule has 0 saturated carbocycles. The Morgan fingerprint density at radius 2 is 2.24 bits per heavy atom. The number of nitrogens with zero attached hydrogens (tertiary/aromatic N) is 3. The molecule has 1 aromatic carbocycles. The number of allylic oxidation sites excluding steroid dienone is 3. The van der Waals surface area contributed by atoms with Crippen molar-refractivity contribution in [2.24, 2.45) is 4.99 Å². The Kier molecular flexibility index (Phi) is 4.72. The first-order chi connectivity index (χ1) is 12.1. The van der Waals surface area contributed by atoms with E-state index in [1.54, 1.807) is 49.8 Å². The largest absolute Gasteiger partial charge is 0.450 e. The van der Waals surface area contributed by atoms with Crippen LogP contribution in [-0.4, -0.2) is 22.8 Å². The third kappa shape index (κ3) is 3.08. The second-order valence-electron chi connectivity index (χ2n) is 5.31. The number of aromatic nitrogens is 2. The minimum absolute atomic E-state index is 0.391. The molecule has 0 aliphatic carbocycles. The number of anilines is 1. The first-order valence-electron chi connectivity index (χ1n) is 7.71. The van der Waals surface area contributed by atoms with Crippen molar-refractivity contribution in [1.82, 2.24) is 9.55 Å². The second kappa shape index (κ2) is 6.94. The summed E-state index contributed by atoms with van der Waals surface area (Å²) in [7, 11) is 1.69. The van der Waals surface area contributed by atoms with E-state index in [0.29, 0.717) is 33.2 Å². The van der Waals surface area contributed by atoms with Crippen LogP contribution in [0.25, 0.3) is 27.8 Å². The Hall–Kier alpha value is -2.86. The van der Waals surface area contributed by atoms with Gasteiger partial charge in [-0.15, -0.1) is 0 Å². The van der Waals surface area contributed by atoms with E-state index >= 15 is 0 Å². The average molecular weight is 357 g/mol. The monoisotopic (exact) mass is 356 g/mol. The van der Waals surface area contributed by atoms with Gasteiger partial charge in [-0.25, -0.2) is 4.79 Å². The number of aliphatic imine (C=N–C) groups is 1. The molecule has 0 bridgehead atoms. The van der Waals surface area contributed by atoms with Crippen LogP contribution in [0.5, 0.6) is 0 Å². The van der Waals surface area contributed by atoms with Crippen molar-refractivity contribution in [3.05, 3.63) is 52.1 Å². The van der Waals surface area contributed by atoms with Crippen molar-refractivity contribution in [2.75, 3.05) is 12.4 Å². The molecule has 0 aliphatic heterocycles. The maximum absolute atomic E-state index is 12.6. The van der Waals surface area contributed by atoms with Gasteiger partial charge in [0.05, 0.1) is 0 Å². The summed E-state index contributed by atoms with van der Waals surface area (Å²) < 4.78 is 7.42. The van der Waals surface area contributed by atoms with E-state index in [2.05, 4.69) is 15.3 Å². The Morgan fingerprint density at radius 1 is 1.44 bits per heavy atom. The van der Waals surface area contributed by atoms with Gasteiger partial charge in [0.15, 0.2) is 11.4 Å². The minimum Gasteiger partial charge on any atom is -0.450 e. The molecule has 2 heterocycles. The number of furan rings is 1. The molecule has 6 nitrogen and oxygen atoms in total. The van der Waals surface area contributed by atoms with Crippen LogP contribution in [0.2, 0.25) is 5.02 Å². The maximum atomic E-state index is 12.6. The lowest BCUT2D eigenvalue weighted by molar-refractivity contribution is 0.665. The van der Waals surface area contributed by atoms with Crippen molar-refractivity contribution in [1.29, 1.82) is 0 Å². The molecule has 0 radical (unpaired) electrons. The maximum Gasteiger partial charge on any atom is 0.354 e. The summed E-state index contributed by atoms with van der Waals surface area (Å²) in [5, 5.41) is 4.23. The molecule has 3 rings (SSSR count). The predicted molar refractivity (Wildman–Crippen MR) is 104 cm³/mol. The number of hydrogen-bond donors (Lipinski definition) is 1. The highest BCUT2D eigenvalue weighted by Crippen LogP contribution is 2.33. The summed E-state index contributed by atoms with van der Waals surface area (Å²) in [6.45, 7) is 3.65. The van der Waals surface area contributed by atoms with Gasteiger partial charge in [-0.05, 0) is 44.2 Å². The fourth-order valence-corrected chi connectivity index (χ4v) is 2.79. The molecule has 1 N–H and O–H groups in total. The van der Waals surface area contributed by atoms with Crippen molar-refractivity contribution >= 4 is 51.4 Å². The molecule has 0 fully saturated rings. The Morgan fingerprint density at radius 3 is 2.96 bits per heavy atom. The van der Waals surface area contributed by atoms with Gasteiger partial charge in [-0.1, -0.05) is 11.6 Å².